The maximum Gasteiger partial charge on any atom is 0.0814 e. The van der Waals surface area contributed by atoms with Gasteiger partial charge in [0.25, 0.3) is 0 Å². The third kappa shape index (κ3) is 37.1. The van der Waals surface area contributed by atoms with Crippen molar-refractivity contribution in [3.8, 4) is 0 Å². The maximum atomic E-state index is 0. The Balaban J connectivity index is 0. The first kappa shape index (κ1) is 430. The van der Waals surface area contributed by atoms with E-state index in [0.29, 0.717) is 0 Å². The van der Waals surface area contributed by atoms with Crippen LogP contribution in [0.2, 0.25) is 0 Å². The number of hydrogen-bond donors (Lipinski definition) is 1. The largest absolute Gasteiger partial charge is 0.412 e. The molecule has 0 amide bonds. The van der Waals surface area contributed by atoms with Crippen molar-refractivity contribution in [2.75, 3.05) is 0 Å². The summed E-state index contributed by atoms with van der Waals surface area (Å²) in [5.74, 6) is 0. The van der Waals surface area contributed by atoms with Crippen LogP contribution in [0.3, 0.4) is 0 Å². The predicted molar refractivity (Wildman–Crippen MR) is 29.0 cm³/mol. The van der Waals surface area contributed by atoms with Crippen LogP contribution in [0, 0.1) is 0 Å². The SMILES string of the molecule is B.N.O.S. The molecule has 5 N–H and O–H groups in total. The van der Waals surface area contributed by atoms with Crippen molar-refractivity contribution < 1.29 is 5.48 Å². The summed E-state index contributed by atoms with van der Waals surface area (Å²) in [4.78, 5) is 0. The molecule has 0 aliphatic heterocycles. The van der Waals surface area contributed by atoms with Crippen molar-refractivity contribution >= 4 is 21.9 Å². The fourth-order valence-corrected chi connectivity index (χ4v) is 0. The van der Waals surface area contributed by atoms with Gasteiger partial charge in [-0.15, -0.1) is 0 Å². The molecule has 0 aromatic carbocycles. The van der Waals surface area contributed by atoms with Gasteiger partial charge in [0, 0.05) is 0 Å². The van der Waals surface area contributed by atoms with E-state index in [1.54, 1.807) is 0 Å². The summed E-state index contributed by atoms with van der Waals surface area (Å²) in [6.07, 6.45) is 0. The summed E-state index contributed by atoms with van der Waals surface area (Å²) in [5, 5.41) is 0. The number of hydrogen-bond acceptors (Lipinski definition) is 1. The lowest BCUT2D eigenvalue weighted by Crippen LogP contribution is -0.481. The van der Waals surface area contributed by atoms with E-state index in [2.05, 4.69) is 0 Å². The van der Waals surface area contributed by atoms with Gasteiger partial charge in [-0.1, -0.05) is 0 Å². The topological polar surface area (TPSA) is 66.5 Å². The second kappa shape index (κ2) is 162. The van der Waals surface area contributed by atoms with Crippen molar-refractivity contribution in [2.45, 2.75) is 0 Å². The average Bonchev–Trinajstić information content (AvgIpc) is 0. The van der Waals surface area contributed by atoms with Crippen LogP contribution in [0.1, 0.15) is 0 Å². The van der Waals surface area contributed by atoms with Gasteiger partial charge in [-0.05, 0) is 0 Å². The highest BCUT2D eigenvalue weighted by Gasteiger charge is 0.0814. The Hall–Kier alpha value is 0.335. The van der Waals surface area contributed by atoms with Crippen LogP contribution in [-0.4, -0.2) is 13.9 Å². The minimum atomic E-state index is 0. The fourth-order valence-electron chi connectivity index (χ4n) is 0. The molecule has 0 radical (unpaired) electrons. The predicted octanol–water partition coefficient (Wildman–Crippen LogP) is -1.73. The molecule has 0 aliphatic rings. The molecule has 0 unspecified atom stereocenters. The molecule has 0 aliphatic carbocycles. The second-order valence-electron chi connectivity index (χ2n) is 0. The highest BCUT2D eigenvalue weighted by atomic mass is 32.1. The van der Waals surface area contributed by atoms with Gasteiger partial charge in [0.1, 0.15) is 0 Å². The minimum absolute atomic E-state index is 0. The van der Waals surface area contributed by atoms with E-state index in [4.69, 9.17) is 0 Å². The van der Waals surface area contributed by atoms with Crippen molar-refractivity contribution in [3.63, 3.8) is 0 Å². The zero-order valence-electron chi connectivity index (χ0n) is 1.71. The fraction of sp³-hybridized carbons (Fsp3) is 0. The lowest BCUT2D eigenvalue weighted by molar-refractivity contribution is 0.824. The van der Waals surface area contributed by atoms with Crippen LogP contribution in [0.5, 0.6) is 0 Å². The summed E-state index contributed by atoms with van der Waals surface area (Å²) >= 11 is 0. The zero-order chi connectivity index (χ0) is 0. The van der Waals surface area contributed by atoms with E-state index in [1.807, 2.05) is 0 Å². The third-order valence-electron chi connectivity index (χ3n) is 0. The molecule has 0 saturated carbocycles. The molecule has 0 heterocycles. The van der Waals surface area contributed by atoms with Crippen LogP contribution >= 0.6 is 13.5 Å². The molecule has 0 rings (SSSR count). The van der Waals surface area contributed by atoms with E-state index in [1.165, 1.54) is 0 Å². The molecular weight excluding hydrogens is 72.9 g/mol. The van der Waals surface area contributed by atoms with Gasteiger partial charge < -0.3 is 11.6 Å². The standard InChI is InChI=1S/BH3.H3N.H2O.H2S/h2*1H3;2*1H2. The second-order valence-corrected chi connectivity index (χ2v) is 0. The molecule has 0 fully saturated rings. The first-order valence-corrected chi connectivity index (χ1v) is 0. The molecule has 2 nitrogen and oxygen atoms in total. The van der Waals surface area contributed by atoms with Crippen molar-refractivity contribution in [1.29, 1.82) is 0 Å². The van der Waals surface area contributed by atoms with E-state index in [-0.39, 0.29) is 33.5 Å². The molecule has 0 spiro atoms. The lowest BCUT2D eigenvalue weighted by Gasteiger charge is -0.412. The Bertz CT molecular complexity index is 8.00. The maximum absolute atomic E-state index is 0. The molecule has 0 aromatic heterocycles. The van der Waals surface area contributed by atoms with E-state index >= 15 is 0 Å². The lowest BCUT2D eigenvalue weighted by atomic mass is 10.8. The van der Waals surface area contributed by atoms with Crippen LogP contribution in [0.4, 0.5) is 0 Å². The monoisotopic (exact) mass is 83.1 g/mol. The Labute approximate surface area is 34.5 Å². The van der Waals surface area contributed by atoms with E-state index in [0.717, 1.165) is 0 Å². The van der Waals surface area contributed by atoms with E-state index in [9.17, 15) is 0 Å². The highest BCUT2D eigenvalue weighted by Crippen LogP contribution is 0.648. The van der Waals surface area contributed by atoms with Crippen molar-refractivity contribution in [3.05, 3.63) is 0 Å². The summed E-state index contributed by atoms with van der Waals surface area (Å²) in [6.45, 7) is 0. The Morgan fingerprint density at radius 1 is 1.00 bits per heavy atom. The van der Waals surface area contributed by atoms with Gasteiger partial charge in [0.05, 0.1) is 8.41 Å². The Morgan fingerprint density at radius 3 is 1.00 bits per heavy atom. The smallest absolute Gasteiger partial charge is 0.0814 e. The molecule has 0 saturated heterocycles. The first-order chi connectivity index (χ1) is 0. The Kier molecular flexibility index (Phi) is 17400. The summed E-state index contributed by atoms with van der Waals surface area (Å²) in [5.41, 5.74) is 0. The summed E-state index contributed by atoms with van der Waals surface area (Å²) in [7, 11) is 0. The zero-order valence-corrected chi connectivity index (χ0v) is 2.71. The van der Waals surface area contributed by atoms with Gasteiger partial charge in [-0.3, -0.25) is 0 Å². The normalized spacial score (nSPS) is 0. The van der Waals surface area contributed by atoms with Gasteiger partial charge in [-0.2, -0.15) is 13.5 Å². The average molecular weight is 83.0 g/mol. The highest BCUT2D eigenvalue weighted by molar-refractivity contribution is 7.59. The quantitative estimate of drug-likeness (QED) is 0.347. The van der Waals surface area contributed by atoms with Gasteiger partial charge >= 0.3 is 0 Å². The van der Waals surface area contributed by atoms with E-state index < -0.39 is 0 Å². The molecular formula is H10BNOS. The van der Waals surface area contributed by atoms with Crippen molar-refractivity contribution in [2.24, 2.45) is 0 Å². The molecule has 4 heteroatoms. The van der Waals surface area contributed by atoms with Crippen LogP contribution in [0.25, 0.3) is 0 Å². The summed E-state index contributed by atoms with van der Waals surface area (Å²) < 4.78 is 0. The molecule has 30 valence electrons. The first-order valence-electron chi connectivity index (χ1n) is 0. The van der Waals surface area contributed by atoms with Gasteiger partial charge in [0.15, 0.2) is 0 Å². The molecule has 0 bridgehead atoms. The van der Waals surface area contributed by atoms with Crippen LogP contribution in [-0.2, 0) is 0 Å². The molecule has 0 atom stereocenters. The van der Waals surface area contributed by atoms with Crippen molar-refractivity contribution in [1.82, 2.24) is 6.15 Å². The number of rotatable bonds is 0. The van der Waals surface area contributed by atoms with Crippen LogP contribution < -0.4 is 6.15 Å². The minimum Gasteiger partial charge on any atom is -0.412 e. The van der Waals surface area contributed by atoms with Crippen LogP contribution in [0.15, 0.2) is 0 Å². The molecule has 0 aromatic rings. The van der Waals surface area contributed by atoms with Gasteiger partial charge in [0.2, 0.25) is 0 Å². The van der Waals surface area contributed by atoms with Gasteiger partial charge in [-0.25, -0.2) is 0 Å². The summed E-state index contributed by atoms with van der Waals surface area (Å²) in [6, 6.07) is 0. The third-order valence-corrected chi connectivity index (χ3v) is 0. The Morgan fingerprint density at radius 2 is 1.00 bits per heavy atom. The molecule has 4 heavy (non-hydrogen) atoms.